The van der Waals surface area contributed by atoms with Crippen molar-refractivity contribution in [3.63, 3.8) is 0 Å². The van der Waals surface area contributed by atoms with E-state index in [1.165, 1.54) is 31.8 Å². The summed E-state index contributed by atoms with van der Waals surface area (Å²) in [7, 11) is 1.63. The zero-order valence-corrected chi connectivity index (χ0v) is 18.5. The molecule has 0 atom stereocenters. The molecule has 1 aromatic carbocycles. The summed E-state index contributed by atoms with van der Waals surface area (Å²) >= 11 is 0. The number of aryl methyl sites for hydroxylation is 1. The molecule has 3 N–H and O–H groups in total. The van der Waals surface area contributed by atoms with Crippen molar-refractivity contribution in [2.24, 2.45) is 7.05 Å². The van der Waals surface area contributed by atoms with Crippen molar-refractivity contribution >= 4 is 11.6 Å². The summed E-state index contributed by atoms with van der Waals surface area (Å²) in [5.74, 6) is -0.0339. The summed E-state index contributed by atoms with van der Waals surface area (Å²) in [6.07, 6.45) is 0.108. The van der Waals surface area contributed by atoms with Crippen LogP contribution in [0.25, 0.3) is 28.0 Å². The lowest BCUT2D eigenvalue weighted by Gasteiger charge is -2.09. The Morgan fingerprint density at radius 1 is 1.06 bits per heavy atom. The smallest absolute Gasteiger partial charge is 0.319 e. The fraction of sp³-hybridized carbons (Fsp3) is 0.125. The van der Waals surface area contributed by atoms with E-state index in [9.17, 15) is 18.4 Å². The Bertz CT molecular complexity index is 1660. The normalized spacial score (nSPS) is 11.4. The third-order valence-electron chi connectivity index (χ3n) is 5.66. The number of nitrogens with one attached hydrogen (secondary N) is 1. The first-order chi connectivity index (χ1) is 16.8. The number of alkyl halides is 2. The zero-order valence-electron chi connectivity index (χ0n) is 18.5. The summed E-state index contributed by atoms with van der Waals surface area (Å²) in [6, 6.07) is 15.1. The summed E-state index contributed by atoms with van der Waals surface area (Å²) in [5.41, 5.74) is 8.59. The number of H-pyrrole nitrogens is 1. The minimum atomic E-state index is -2.63. The number of hydrogen-bond donors (Lipinski definition) is 2. The van der Waals surface area contributed by atoms with E-state index in [-0.39, 0.29) is 23.6 Å². The number of benzene rings is 1. The highest BCUT2D eigenvalue weighted by molar-refractivity contribution is 5.88. The number of halogens is 2. The predicted octanol–water partition coefficient (Wildman–Crippen LogP) is 2.31. The first-order valence-electron chi connectivity index (χ1n) is 10.6. The van der Waals surface area contributed by atoms with E-state index < -0.39 is 12.1 Å². The van der Waals surface area contributed by atoms with Gasteiger partial charge in [-0.25, -0.2) is 18.7 Å². The third kappa shape index (κ3) is 3.97. The van der Waals surface area contributed by atoms with Gasteiger partial charge in [-0.3, -0.25) is 9.78 Å². The lowest BCUT2D eigenvalue weighted by molar-refractivity contribution is -0.516. The first-order valence-corrected chi connectivity index (χ1v) is 10.6. The van der Waals surface area contributed by atoms with Crippen molar-refractivity contribution in [1.29, 1.82) is 0 Å². The van der Waals surface area contributed by atoms with E-state index >= 15 is 0 Å². The molecule has 5 rings (SSSR count). The first kappa shape index (κ1) is 22.1. The van der Waals surface area contributed by atoms with E-state index in [2.05, 4.69) is 15.1 Å². The topological polar surface area (TPSA) is 116 Å². The predicted molar refractivity (Wildman–Crippen MR) is 125 cm³/mol. The van der Waals surface area contributed by atoms with Crippen LogP contribution < -0.4 is 21.4 Å². The largest absolute Gasteiger partial charge is 0.428 e. The molecular formula is C24H20F2N7O2+. The molecule has 0 aliphatic rings. The Hall–Kier alpha value is -4.67. The van der Waals surface area contributed by atoms with Crippen LogP contribution in [-0.2, 0) is 13.6 Å². The average Bonchev–Trinajstić information content (AvgIpc) is 3.18. The molecule has 0 saturated carbocycles. The summed E-state index contributed by atoms with van der Waals surface area (Å²) in [5, 5.41) is 3.07. The van der Waals surface area contributed by atoms with Gasteiger partial charge in [0.25, 0.3) is 6.43 Å². The van der Waals surface area contributed by atoms with Gasteiger partial charge in [0.15, 0.2) is 0 Å². The molecule has 9 nitrogen and oxygen atoms in total. The molecule has 5 aromatic rings. The Kier molecular flexibility index (Phi) is 5.44. The molecule has 0 spiro atoms. The minimum absolute atomic E-state index is 0.00312. The highest BCUT2D eigenvalue weighted by atomic mass is 19.3. The highest BCUT2D eigenvalue weighted by Crippen LogP contribution is 2.32. The standard InChI is InChI=1S/C24H19F2N7O2/c1-31-12-16(8-10-18(31)34)19-20(14-5-3-2-4-6-14)29-23(27)33-22(19)30-32(24(33)35)13-17-9-7-15(11-28-17)21(25)26/h2-12,21H,13H2,1H3,(H2,27,29,30)/p+1. The molecule has 4 aromatic heterocycles. The average molecular weight is 476 g/mol. The zero-order chi connectivity index (χ0) is 24.7. The van der Waals surface area contributed by atoms with Gasteiger partial charge in [0, 0.05) is 42.2 Å². The Morgan fingerprint density at radius 2 is 1.83 bits per heavy atom. The SMILES string of the molecule is Cn1cc(-c2c(-c3ccccc3)nc(N)[n+]3c(=O)n(Cc4ccc(C(F)F)cn4)[nH]c23)ccc1=O. The maximum atomic E-state index is 13.3. The second-order valence-electron chi connectivity index (χ2n) is 7.97. The number of nitrogen functional groups attached to an aromatic ring is 1. The van der Waals surface area contributed by atoms with Crippen molar-refractivity contribution < 1.29 is 13.2 Å². The second-order valence-corrected chi connectivity index (χ2v) is 7.97. The highest BCUT2D eigenvalue weighted by Gasteiger charge is 2.26. The van der Waals surface area contributed by atoms with Crippen molar-refractivity contribution in [1.82, 2.24) is 24.3 Å². The Balaban J connectivity index is 1.74. The van der Waals surface area contributed by atoms with Crippen LogP contribution in [0.3, 0.4) is 0 Å². The monoisotopic (exact) mass is 476 g/mol. The molecule has 0 aliphatic carbocycles. The number of hydrogen-bond acceptors (Lipinski definition) is 5. The van der Waals surface area contributed by atoms with Crippen LogP contribution in [0.15, 0.2) is 76.6 Å². The lowest BCUT2D eigenvalue weighted by Crippen LogP contribution is -2.44. The van der Waals surface area contributed by atoms with Crippen molar-refractivity contribution in [3.05, 3.63) is 99.1 Å². The van der Waals surface area contributed by atoms with Crippen LogP contribution in [0.1, 0.15) is 17.7 Å². The van der Waals surface area contributed by atoms with E-state index in [1.54, 1.807) is 19.3 Å². The number of nitrogens with zero attached hydrogens (tertiary/aromatic N) is 5. The van der Waals surface area contributed by atoms with Crippen molar-refractivity contribution in [2.45, 2.75) is 13.0 Å². The summed E-state index contributed by atoms with van der Waals surface area (Å²) < 4.78 is 29.7. The molecular weight excluding hydrogens is 456 g/mol. The van der Waals surface area contributed by atoms with E-state index in [4.69, 9.17) is 5.73 Å². The van der Waals surface area contributed by atoms with Gasteiger partial charge >= 0.3 is 11.6 Å². The quantitative estimate of drug-likeness (QED) is 0.378. The van der Waals surface area contributed by atoms with Crippen LogP contribution in [0, 0.1) is 0 Å². The van der Waals surface area contributed by atoms with Crippen molar-refractivity contribution in [2.75, 3.05) is 5.73 Å². The molecule has 4 heterocycles. The van der Waals surface area contributed by atoms with Gasteiger partial charge in [-0.2, -0.15) is 4.68 Å². The number of pyridine rings is 2. The van der Waals surface area contributed by atoms with Gasteiger partial charge in [-0.15, -0.1) is 9.38 Å². The summed E-state index contributed by atoms with van der Waals surface area (Å²) in [4.78, 5) is 33.8. The molecule has 176 valence electrons. The number of fused-ring (bicyclic) bond motifs is 1. The van der Waals surface area contributed by atoms with Gasteiger partial charge in [-0.1, -0.05) is 30.3 Å². The van der Waals surface area contributed by atoms with E-state index in [0.29, 0.717) is 28.2 Å². The number of anilines is 1. The number of nitrogens with two attached hydrogens (primary N) is 1. The molecule has 0 aliphatic heterocycles. The molecule has 0 amide bonds. The number of rotatable bonds is 5. The fourth-order valence-corrected chi connectivity index (χ4v) is 3.90. The van der Waals surface area contributed by atoms with Crippen LogP contribution >= 0.6 is 0 Å². The second kappa shape index (κ2) is 8.60. The minimum Gasteiger partial charge on any atom is -0.319 e. The molecule has 35 heavy (non-hydrogen) atoms. The van der Waals surface area contributed by atoms with Gasteiger partial charge in [-0.05, 0) is 18.2 Å². The molecule has 11 heteroatoms. The summed E-state index contributed by atoms with van der Waals surface area (Å²) in [6.45, 7) is -0.00312. The van der Waals surface area contributed by atoms with E-state index in [1.807, 2.05) is 30.3 Å². The lowest BCUT2D eigenvalue weighted by atomic mass is 10.0. The molecule has 0 saturated heterocycles. The molecule has 0 bridgehead atoms. The Morgan fingerprint density at radius 3 is 2.49 bits per heavy atom. The Labute approximate surface area is 196 Å². The number of aromatic nitrogens is 6. The van der Waals surface area contributed by atoms with Crippen LogP contribution in [0.2, 0.25) is 0 Å². The number of aromatic amines is 1. The molecule has 0 fully saturated rings. The molecule has 0 unspecified atom stereocenters. The van der Waals surface area contributed by atoms with Gasteiger partial charge in [0.2, 0.25) is 11.2 Å². The maximum absolute atomic E-state index is 13.3. The third-order valence-corrected chi connectivity index (χ3v) is 5.66. The van der Waals surface area contributed by atoms with Gasteiger partial charge in [0.1, 0.15) is 12.2 Å². The fourth-order valence-electron chi connectivity index (χ4n) is 3.90. The van der Waals surface area contributed by atoms with Crippen LogP contribution in [0.4, 0.5) is 14.7 Å². The van der Waals surface area contributed by atoms with Gasteiger partial charge in [0.05, 0.1) is 11.3 Å². The van der Waals surface area contributed by atoms with E-state index in [0.717, 1.165) is 11.8 Å². The molecule has 0 radical (unpaired) electrons. The maximum Gasteiger partial charge on any atom is 0.428 e. The van der Waals surface area contributed by atoms with Crippen molar-refractivity contribution in [3.8, 4) is 22.4 Å². The van der Waals surface area contributed by atoms with Crippen LogP contribution in [-0.4, -0.2) is 24.3 Å². The van der Waals surface area contributed by atoms with Crippen LogP contribution in [0.5, 0.6) is 0 Å². The van der Waals surface area contributed by atoms with Gasteiger partial charge < -0.3 is 10.3 Å².